The van der Waals surface area contributed by atoms with E-state index in [-0.39, 0.29) is 11.5 Å². The van der Waals surface area contributed by atoms with Gasteiger partial charge in [0.2, 0.25) is 0 Å². The number of carbonyl (C=O) groups is 1. The van der Waals surface area contributed by atoms with Crippen molar-refractivity contribution in [2.24, 2.45) is 12.5 Å². The highest BCUT2D eigenvalue weighted by Gasteiger charge is 2.42. The Bertz CT molecular complexity index is 824. The van der Waals surface area contributed by atoms with Crippen LogP contribution in [0.2, 0.25) is 0 Å². The summed E-state index contributed by atoms with van der Waals surface area (Å²) in [5.41, 5.74) is 0.621. The summed E-state index contributed by atoms with van der Waals surface area (Å²) in [4.78, 5) is 31.4. The Kier molecular flexibility index (Phi) is 5.94. The number of aryl methyl sites for hydroxylation is 2. The van der Waals surface area contributed by atoms with Gasteiger partial charge in [0.05, 0.1) is 12.0 Å². The number of esters is 1. The second kappa shape index (κ2) is 8.37. The molecule has 0 spiro atoms. The van der Waals surface area contributed by atoms with Crippen LogP contribution in [0.5, 0.6) is 0 Å². The van der Waals surface area contributed by atoms with Gasteiger partial charge in [0.25, 0.3) is 5.56 Å². The van der Waals surface area contributed by atoms with Gasteiger partial charge in [-0.1, -0.05) is 30.3 Å². The Morgan fingerprint density at radius 1 is 1.22 bits per heavy atom. The molecular weight excluding hydrogens is 342 g/mol. The average molecular weight is 369 g/mol. The maximum atomic E-state index is 12.8. The van der Waals surface area contributed by atoms with E-state index >= 15 is 0 Å². The van der Waals surface area contributed by atoms with Gasteiger partial charge < -0.3 is 14.2 Å². The smallest absolute Gasteiger partial charge is 0.312 e. The molecule has 1 aliphatic heterocycles. The van der Waals surface area contributed by atoms with Gasteiger partial charge in [-0.15, -0.1) is 0 Å². The summed E-state index contributed by atoms with van der Waals surface area (Å²) in [5, 5.41) is 0. The zero-order valence-electron chi connectivity index (χ0n) is 16.1. The van der Waals surface area contributed by atoms with Gasteiger partial charge in [-0.05, 0) is 38.2 Å². The Labute approximate surface area is 159 Å². The molecule has 0 N–H and O–H groups in total. The molecule has 6 heteroatoms. The van der Waals surface area contributed by atoms with Gasteiger partial charge in [-0.25, -0.2) is 4.98 Å². The van der Waals surface area contributed by atoms with E-state index < -0.39 is 5.41 Å². The van der Waals surface area contributed by atoms with Crippen LogP contribution < -0.4 is 10.5 Å². The van der Waals surface area contributed by atoms with Crippen molar-refractivity contribution in [3.63, 3.8) is 0 Å². The predicted octanol–water partition coefficient (Wildman–Crippen LogP) is 2.56. The Hall–Kier alpha value is -2.63. The van der Waals surface area contributed by atoms with Crippen molar-refractivity contribution in [2.45, 2.75) is 32.6 Å². The van der Waals surface area contributed by atoms with Crippen LogP contribution in [0, 0.1) is 5.41 Å². The average Bonchev–Trinajstić information content (AvgIpc) is 2.70. The summed E-state index contributed by atoms with van der Waals surface area (Å²) < 4.78 is 6.95. The summed E-state index contributed by atoms with van der Waals surface area (Å²) in [6.07, 6.45) is 6.21. The van der Waals surface area contributed by atoms with Gasteiger partial charge >= 0.3 is 5.97 Å². The minimum atomic E-state index is -0.498. The zero-order chi connectivity index (χ0) is 19.3. The molecule has 1 aromatic heterocycles. The zero-order valence-corrected chi connectivity index (χ0v) is 16.1. The van der Waals surface area contributed by atoms with E-state index in [1.807, 2.05) is 30.0 Å². The second-order valence-corrected chi connectivity index (χ2v) is 7.14. The van der Waals surface area contributed by atoms with Crippen molar-refractivity contribution in [1.29, 1.82) is 0 Å². The van der Waals surface area contributed by atoms with Gasteiger partial charge in [0, 0.05) is 32.5 Å². The Morgan fingerprint density at radius 3 is 2.59 bits per heavy atom. The monoisotopic (exact) mass is 369 g/mol. The maximum Gasteiger partial charge on any atom is 0.312 e. The Balaban J connectivity index is 1.75. The molecule has 0 saturated carbocycles. The molecule has 0 amide bonds. The number of benzene rings is 1. The highest BCUT2D eigenvalue weighted by Crippen LogP contribution is 2.38. The van der Waals surface area contributed by atoms with Gasteiger partial charge in [-0.2, -0.15) is 0 Å². The highest BCUT2D eigenvalue weighted by atomic mass is 16.5. The highest BCUT2D eigenvalue weighted by molar-refractivity contribution is 5.77. The molecule has 6 nitrogen and oxygen atoms in total. The first-order valence-electron chi connectivity index (χ1n) is 9.53. The van der Waals surface area contributed by atoms with Crippen LogP contribution in [0.3, 0.4) is 0 Å². The quantitative estimate of drug-likeness (QED) is 0.732. The van der Waals surface area contributed by atoms with Crippen LogP contribution in [0.15, 0.2) is 47.5 Å². The largest absolute Gasteiger partial charge is 0.466 e. The van der Waals surface area contributed by atoms with E-state index in [0.717, 1.165) is 12.8 Å². The summed E-state index contributed by atoms with van der Waals surface area (Å²) in [7, 11) is 1.72. The van der Waals surface area contributed by atoms with Crippen molar-refractivity contribution in [3.05, 3.63) is 58.6 Å². The summed E-state index contributed by atoms with van der Waals surface area (Å²) in [6, 6.07) is 10.2. The first kappa shape index (κ1) is 19.1. The lowest BCUT2D eigenvalue weighted by molar-refractivity contribution is -0.157. The molecule has 1 aliphatic rings. The lowest BCUT2D eigenvalue weighted by Crippen LogP contribution is -2.47. The predicted molar refractivity (Wildman–Crippen MR) is 105 cm³/mol. The lowest BCUT2D eigenvalue weighted by atomic mass is 9.74. The molecule has 1 saturated heterocycles. The topological polar surface area (TPSA) is 64.4 Å². The van der Waals surface area contributed by atoms with E-state index in [9.17, 15) is 9.59 Å². The van der Waals surface area contributed by atoms with Crippen LogP contribution in [-0.4, -0.2) is 35.2 Å². The standard InChI is InChI=1S/C21H27N3O3/c1-3-27-20(26)21(10-9-17-7-5-4-6-8-17)11-14-24(15-12-21)18-19(25)23(2)16-13-22-18/h4-8,13,16H,3,9-12,14-15H2,1-2H3. The molecule has 144 valence electrons. The van der Waals surface area contributed by atoms with E-state index in [1.165, 1.54) is 10.1 Å². The Morgan fingerprint density at radius 2 is 1.93 bits per heavy atom. The van der Waals surface area contributed by atoms with Crippen LogP contribution in [0.4, 0.5) is 5.82 Å². The van der Waals surface area contributed by atoms with Crippen LogP contribution in [0.25, 0.3) is 0 Å². The summed E-state index contributed by atoms with van der Waals surface area (Å²) in [6.45, 7) is 3.48. The molecule has 27 heavy (non-hydrogen) atoms. The normalized spacial score (nSPS) is 16.1. The van der Waals surface area contributed by atoms with Crippen molar-refractivity contribution in [2.75, 3.05) is 24.6 Å². The van der Waals surface area contributed by atoms with Crippen molar-refractivity contribution in [1.82, 2.24) is 9.55 Å². The summed E-state index contributed by atoms with van der Waals surface area (Å²) >= 11 is 0. The number of carbonyl (C=O) groups excluding carboxylic acids is 1. The molecule has 1 fully saturated rings. The molecule has 0 bridgehead atoms. The molecule has 1 aromatic carbocycles. The first-order chi connectivity index (χ1) is 13.1. The van der Waals surface area contributed by atoms with E-state index in [2.05, 4.69) is 17.1 Å². The van der Waals surface area contributed by atoms with Gasteiger partial charge in [0.1, 0.15) is 0 Å². The number of hydrogen-bond acceptors (Lipinski definition) is 5. The third kappa shape index (κ3) is 4.21. The van der Waals surface area contributed by atoms with E-state index in [0.29, 0.717) is 38.4 Å². The number of aromatic nitrogens is 2. The third-order valence-corrected chi connectivity index (χ3v) is 5.46. The van der Waals surface area contributed by atoms with E-state index in [4.69, 9.17) is 4.74 Å². The number of rotatable bonds is 6. The van der Waals surface area contributed by atoms with Crippen LogP contribution in [-0.2, 0) is 23.0 Å². The van der Waals surface area contributed by atoms with Crippen molar-refractivity contribution >= 4 is 11.8 Å². The number of piperidine rings is 1. The van der Waals surface area contributed by atoms with Crippen LogP contribution in [0.1, 0.15) is 31.7 Å². The minimum Gasteiger partial charge on any atom is -0.466 e. The third-order valence-electron chi connectivity index (χ3n) is 5.46. The molecule has 0 radical (unpaired) electrons. The molecule has 2 heterocycles. The number of ether oxygens (including phenoxy) is 1. The van der Waals surface area contributed by atoms with Crippen molar-refractivity contribution < 1.29 is 9.53 Å². The fourth-order valence-corrected chi connectivity index (χ4v) is 3.72. The SMILES string of the molecule is CCOC(=O)C1(CCc2ccccc2)CCN(c2nccn(C)c2=O)CC1. The van der Waals surface area contributed by atoms with Crippen LogP contribution >= 0.6 is 0 Å². The summed E-state index contributed by atoms with van der Waals surface area (Å²) in [5.74, 6) is 0.343. The molecule has 0 atom stereocenters. The van der Waals surface area contributed by atoms with E-state index in [1.54, 1.807) is 19.4 Å². The fraction of sp³-hybridized carbons (Fsp3) is 0.476. The molecule has 0 unspecified atom stereocenters. The van der Waals surface area contributed by atoms with Gasteiger partial charge in [-0.3, -0.25) is 9.59 Å². The molecular formula is C21H27N3O3. The number of nitrogens with zero attached hydrogens (tertiary/aromatic N) is 3. The van der Waals surface area contributed by atoms with Crippen molar-refractivity contribution in [3.8, 4) is 0 Å². The maximum absolute atomic E-state index is 12.8. The number of anilines is 1. The molecule has 2 aromatic rings. The second-order valence-electron chi connectivity index (χ2n) is 7.14. The molecule has 0 aliphatic carbocycles. The number of hydrogen-bond donors (Lipinski definition) is 0. The van der Waals surface area contributed by atoms with Gasteiger partial charge in [0.15, 0.2) is 5.82 Å². The first-order valence-corrected chi connectivity index (χ1v) is 9.53. The minimum absolute atomic E-state index is 0.106. The lowest BCUT2D eigenvalue weighted by Gasteiger charge is -2.40. The fourth-order valence-electron chi connectivity index (χ4n) is 3.72. The molecule has 3 rings (SSSR count).